The van der Waals surface area contributed by atoms with Gasteiger partial charge in [0.25, 0.3) is 11.8 Å². The zero-order valence-corrected chi connectivity index (χ0v) is 27.2. The number of methoxy groups -OCH3 is 1. The lowest BCUT2D eigenvalue weighted by Gasteiger charge is -2.38. The predicted octanol–water partition coefficient (Wildman–Crippen LogP) is 6.71. The minimum Gasteiger partial charge on any atom is -0.388 e. The van der Waals surface area contributed by atoms with Crippen LogP contribution in [0.3, 0.4) is 0 Å². The summed E-state index contributed by atoms with van der Waals surface area (Å²) in [5.41, 5.74) is 5.59. The summed E-state index contributed by atoms with van der Waals surface area (Å²) in [6.07, 6.45) is 9.82. The number of likely N-dealkylation sites (tertiary alicyclic amines) is 1. The number of alkyl halides is 2. The molecule has 7 nitrogen and oxygen atoms in total. The van der Waals surface area contributed by atoms with Crippen LogP contribution < -0.4 is 10.6 Å². The van der Waals surface area contributed by atoms with Crippen molar-refractivity contribution in [2.24, 2.45) is 0 Å². The molecule has 236 valence electrons. The molecule has 1 amide bonds. The quantitative estimate of drug-likeness (QED) is 0.281. The van der Waals surface area contributed by atoms with E-state index in [0.29, 0.717) is 30.6 Å². The Kier molecular flexibility index (Phi) is 14.0. The number of nitrogens with zero attached hydrogens (tertiary/aromatic N) is 3. The monoisotopic (exact) mass is 597 g/mol. The summed E-state index contributed by atoms with van der Waals surface area (Å²) in [4.78, 5) is 19.9. The van der Waals surface area contributed by atoms with Crippen molar-refractivity contribution in [3.8, 4) is 0 Å². The van der Waals surface area contributed by atoms with E-state index < -0.39 is 11.8 Å². The Morgan fingerprint density at radius 1 is 1.23 bits per heavy atom. The zero-order valence-electron chi connectivity index (χ0n) is 27.2. The van der Waals surface area contributed by atoms with Gasteiger partial charge in [0.2, 0.25) is 0 Å². The molecule has 43 heavy (non-hydrogen) atoms. The van der Waals surface area contributed by atoms with Crippen molar-refractivity contribution in [3.63, 3.8) is 0 Å². The maximum Gasteiger partial charge on any atom is 0.267 e. The summed E-state index contributed by atoms with van der Waals surface area (Å²) in [6, 6.07) is 8.50. The van der Waals surface area contributed by atoms with Crippen LogP contribution in [0, 0.1) is 6.92 Å². The van der Waals surface area contributed by atoms with E-state index in [-0.39, 0.29) is 18.6 Å². The number of aromatic nitrogens is 1. The Bertz CT molecular complexity index is 1270. The predicted molar refractivity (Wildman–Crippen MR) is 174 cm³/mol. The van der Waals surface area contributed by atoms with Crippen LogP contribution >= 0.6 is 0 Å². The highest BCUT2D eigenvalue weighted by Gasteiger charge is 2.45. The molecule has 2 atom stereocenters. The summed E-state index contributed by atoms with van der Waals surface area (Å²) in [5, 5.41) is 6.47. The number of carbonyl (C=O) groups is 1. The molecule has 2 unspecified atom stereocenters. The Hall–Kier alpha value is -3.56. The molecule has 2 N–H and O–H groups in total. The number of allylic oxidation sites excluding steroid dienone is 1. The van der Waals surface area contributed by atoms with Gasteiger partial charge in [0.05, 0.1) is 18.6 Å². The van der Waals surface area contributed by atoms with E-state index in [1.807, 2.05) is 77.1 Å². The molecule has 1 saturated heterocycles. The zero-order chi connectivity index (χ0) is 32.2. The molecule has 1 aromatic carbocycles. The highest BCUT2D eigenvalue weighted by molar-refractivity contribution is 5.93. The number of halogens is 2. The van der Waals surface area contributed by atoms with Gasteiger partial charge in [-0.15, -0.1) is 0 Å². The molecule has 0 saturated carbocycles. The van der Waals surface area contributed by atoms with Crippen LogP contribution in [0.25, 0.3) is 6.08 Å². The van der Waals surface area contributed by atoms with Crippen LogP contribution in [-0.4, -0.2) is 80.6 Å². The number of hydrogen-bond donors (Lipinski definition) is 2. The van der Waals surface area contributed by atoms with Crippen molar-refractivity contribution in [1.82, 2.24) is 20.1 Å². The molecule has 3 rings (SSSR count). The minimum atomic E-state index is -2.88. The van der Waals surface area contributed by atoms with E-state index in [0.717, 1.165) is 28.2 Å². The largest absolute Gasteiger partial charge is 0.388 e. The van der Waals surface area contributed by atoms with Gasteiger partial charge in [-0.25, -0.2) is 8.78 Å². The standard InChI is InChI=1S/C32H43F2N5O2.C2H6/c1-22(18-28-24(3)36-16-13-30(28)37-15-12-27(35-4)19-23(2)41-7)20-39-17-14-29(32(33,34)21-39)25-8-10-26(11-9-25)31(40)38(5)6;1-2/h8-13,15-16,18-19,23,29,35H,14,17,20-21H2,1-7H3,(H,36,37);1-2H3/b15-12-,22-18+,27-19+;. The Morgan fingerprint density at radius 2 is 1.91 bits per heavy atom. The molecule has 1 aromatic heterocycles. The molecule has 0 aliphatic carbocycles. The molecule has 9 heteroatoms. The first kappa shape index (κ1) is 35.6. The number of rotatable bonds is 11. The number of pyridine rings is 1. The van der Waals surface area contributed by atoms with Crippen molar-refractivity contribution in [2.45, 2.75) is 59.0 Å². The second kappa shape index (κ2) is 16.9. The van der Waals surface area contributed by atoms with E-state index in [1.54, 1.807) is 51.7 Å². The lowest BCUT2D eigenvalue weighted by atomic mass is 9.85. The number of aryl methyl sites for hydroxylation is 1. The third-order valence-electron chi connectivity index (χ3n) is 7.27. The summed E-state index contributed by atoms with van der Waals surface area (Å²) in [6.45, 7) is 10.5. The molecular formula is C34H49F2N5O2. The normalized spacial score (nSPS) is 18.1. The maximum absolute atomic E-state index is 15.4. The van der Waals surface area contributed by atoms with E-state index in [4.69, 9.17) is 4.74 Å². The number of nitrogens with one attached hydrogen (secondary N) is 2. The minimum absolute atomic E-state index is 0.0248. The molecular weight excluding hydrogens is 548 g/mol. The first-order valence-corrected chi connectivity index (χ1v) is 14.8. The van der Waals surface area contributed by atoms with Crippen molar-refractivity contribution in [1.29, 1.82) is 0 Å². The number of piperidine rings is 1. The van der Waals surface area contributed by atoms with Crippen LogP contribution in [0.4, 0.5) is 14.5 Å². The number of likely N-dealkylation sites (N-methyl/N-ethyl adjacent to an activating group) is 1. The Labute approximate surface area is 256 Å². The van der Waals surface area contributed by atoms with Crippen molar-refractivity contribution >= 4 is 17.7 Å². The number of anilines is 1. The van der Waals surface area contributed by atoms with Gasteiger partial charge in [-0.05, 0) is 69.7 Å². The summed E-state index contributed by atoms with van der Waals surface area (Å²) in [7, 11) is 6.85. The lowest BCUT2D eigenvalue weighted by molar-refractivity contribution is -0.0805. The van der Waals surface area contributed by atoms with Gasteiger partial charge in [0, 0.05) is 75.4 Å². The van der Waals surface area contributed by atoms with Gasteiger partial charge in [-0.2, -0.15) is 0 Å². The first-order chi connectivity index (χ1) is 20.4. The van der Waals surface area contributed by atoms with Gasteiger partial charge >= 0.3 is 0 Å². The van der Waals surface area contributed by atoms with Crippen LogP contribution in [0.2, 0.25) is 0 Å². The fourth-order valence-corrected chi connectivity index (χ4v) is 4.97. The van der Waals surface area contributed by atoms with Crippen LogP contribution in [0.5, 0.6) is 0 Å². The fraction of sp³-hybridized carbons (Fsp3) is 0.471. The molecule has 1 aliphatic rings. The molecule has 2 aromatic rings. The van der Waals surface area contributed by atoms with Crippen LogP contribution in [-0.2, 0) is 4.74 Å². The average Bonchev–Trinajstić information content (AvgIpc) is 2.98. The van der Waals surface area contributed by atoms with Gasteiger partial charge in [0.15, 0.2) is 0 Å². The third kappa shape index (κ3) is 10.3. The Balaban J connectivity index is 0.00000316. The second-order valence-electron chi connectivity index (χ2n) is 10.8. The SMILES string of the molecule is CC.CNC(/C=C\Nc1ccnc(C)c1/C=C(\C)CN1CCC(c2ccc(C(=O)N(C)C)cc2)C(F)(F)C1)=C/C(C)OC. The first-order valence-electron chi connectivity index (χ1n) is 14.8. The van der Waals surface area contributed by atoms with Gasteiger partial charge < -0.3 is 20.3 Å². The molecule has 2 heterocycles. The number of hydrogen-bond acceptors (Lipinski definition) is 6. The summed E-state index contributed by atoms with van der Waals surface area (Å²) < 4.78 is 36.0. The second-order valence-corrected chi connectivity index (χ2v) is 10.8. The third-order valence-corrected chi connectivity index (χ3v) is 7.27. The van der Waals surface area contributed by atoms with Crippen LogP contribution in [0.1, 0.15) is 67.2 Å². The number of carbonyl (C=O) groups excluding carboxylic acids is 1. The number of ether oxygens (including phenoxy) is 1. The van der Waals surface area contributed by atoms with Crippen molar-refractivity contribution in [2.75, 3.05) is 53.2 Å². The molecule has 0 bridgehead atoms. The van der Waals surface area contributed by atoms with E-state index in [9.17, 15) is 4.79 Å². The van der Waals surface area contributed by atoms with E-state index in [2.05, 4.69) is 15.6 Å². The van der Waals surface area contributed by atoms with Crippen molar-refractivity contribution in [3.05, 3.63) is 88.5 Å². The number of amides is 1. The molecule has 0 spiro atoms. The average molecular weight is 598 g/mol. The van der Waals surface area contributed by atoms with Gasteiger partial charge in [-0.1, -0.05) is 37.6 Å². The number of benzene rings is 1. The molecule has 1 fully saturated rings. The Morgan fingerprint density at radius 3 is 2.49 bits per heavy atom. The van der Waals surface area contributed by atoms with Gasteiger partial charge in [0.1, 0.15) is 0 Å². The molecule has 1 aliphatic heterocycles. The lowest BCUT2D eigenvalue weighted by Crippen LogP contribution is -2.47. The summed E-state index contributed by atoms with van der Waals surface area (Å²) in [5.74, 6) is -3.90. The maximum atomic E-state index is 15.4. The summed E-state index contributed by atoms with van der Waals surface area (Å²) >= 11 is 0. The highest BCUT2D eigenvalue weighted by atomic mass is 19.3. The van der Waals surface area contributed by atoms with Crippen molar-refractivity contribution < 1.29 is 18.3 Å². The van der Waals surface area contributed by atoms with Crippen LogP contribution in [0.15, 0.2) is 66.2 Å². The van der Waals surface area contributed by atoms with E-state index >= 15 is 8.78 Å². The highest BCUT2D eigenvalue weighted by Crippen LogP contribution is 2.40. The molecule has 0 radical (unpaired) electrons. The topological polar surface area (TPSA) is 69.7 Å². The fourth-order valence-electron chi connectivity index (χ4n) is 4.97. The smallest absolute Gasteiger partial charge is 0.267 e. The van der Waals surface area contributed by atoms with Gasteiger partial charge in [-0.3, -0.25) is 14.7 Å². The van der Waals surface area contributed by atoms with E-state index in [1.165, 1.54) is 4.90 Å².